The van der Waals surface area contributed by atoms with Crippen molar-refractivity contribution in [2.75, 3.05) is 18.4 Å². The minimum absolute atomic E-state index is 0.121. The van der Waals surface area contributed by atoms with E-state index in [0.717, 1.165) is 11.3 Å². The molecule has 0 saturated heterocycles. The Morgan fingerprint density at radius 3 is 2.42 bits per heavy atom. The molecule has 26 heavy (non-hydrogen) atoms. The van der Waals surface area contributed by atoms with Crippen molar-refractivity contribution in [2.45, 2.75) is 37.6 Å². The molecular formula is C16H22N4O4S2. The van der Waals surface area contributed by atoms with Gasteiger partial charge < -0.3 is 4.74 Å². The lowest BCUT2D eigenvalue weighted by atomic mass is 10.2. The Balaban J connectivity index is 2.08. The van der Waals surface area contributed by atoms with Crippen molar-refractivity contribution in [3.63, 3.8) is 0 Å². The van der Waals surface area contributed by atoms with E-state index in [1.165, 1.54) is 4.31 Å². The van der Waals surface area contributed by atoms with Crippen molar-refractivity contribution in [1.29, 1.82) is 0 Å². The van der Waals surface area contributed by atoms with Crippen LogP contribution in [0.15, 0.2) is 34.7 Å². The predicted molar refractivity (Wildman–Crippen MR) is 99.8 cm³/mol. The number of carbonyl (C=O) groups is 1. The average molecular weight is 399 g/mol. The first-order valence-electron chi connectivity index (χ1n) is 8.28. The molecule has 1 amide bonds. The average Bonchev–Trinajstić information content (AvgIpc) is 3.10. The van der Waals surface area contributed by atoms with Crippen LogP contribution >= 0.6 is 11.3 Å². The molecule has 0 spiro atoms. The number of amides is 1. The number of nitrogens with zero attached hydrogens (tertiary/aromatic N) is 3. The zero-order chi connectivity index (χ0) is 19.2. The maximum atomic E-state index is 12.4. The fourth-order valence-corrected chi connectivity index (χ4v) is 4.71. The number of sulfonamides is 1. The molecule has 0 aliphatic rings. The lowest BCUT2D eigenvalue weighted by molar-refractivity contribution is -0.122. The number of para-hydroxylation sites is 1. The number of hydrogen-bond donors (Lipinski definition) is 1. The van der Waals surface area contributed by atoms with Crippen LogP contribution in [0.2, 0.25) is 0 Å². The van der Waals surface area contributed by atoms with Crippen LogP contribution in [0.5, 0.6) is 5.75 Å². The highest BCUT2D eigenvalue weighted by Crippen LogP contribution is 2.23. The van der Waals surface area contributed by atoms with Gasteiger partial charge in [-0.2, -0.15) is 4.31 Å². The third-order valence-electron chi connectivity index (χ3n) is 3.59. The summed E-state index contributed by atoms with van der Waals surface area (Å²) in [6, 6.07) is 9.00. The number of nitrogens with one attached hydrogen (secondary N) is 1. The number of carbonyl (C=O) groups excluding carboxylic acids is 1. The van der Waals surface area contributed by atoms with Crippen LogP contribution in [0.1, 0.15) is 27.2 Å². The first-order chi connectivity index (χ1) is 12.4. The van der Waals surface area contributed by atoms with Crippen molar-refractivity contribution in [3.8, 4) is 5.75 Å². The fourth-order valence-electron chi connectivity index (χ4n) is 2.21. The number of hydrogen-bond acceptors (Lipinski definition) is 7. The standard InChI is InChI=1S/C16H22N4O4S2/c1-4-13(24-12-10-8-7-9-11-12)14(21)17-15-18-19-16(25-15)26(22,23)20(5-2)6-3/h7-11,13H,4-6H2,1-3H3,(H,17,18,21)/t13-/m1/s1. The Kier molecular flexibility index (Phi) is 7.06. The Morgan fingerprint density at radius 1 is 1.19 bits per heavy atom. The van der Waals surface area contributed by atoms with Gasteiger partial charge in [-0.05, 0) is 18.6 Å². The third-order valence-corrected chi connectivity index (χ3v) is 6.82. The van der Waals surface area contributed by atoms with Gasteiger partial charge in [0.05, 0.1) is 0 Å². The van der Waals surface area contributed by atoms with Crippen molar-refractivity contribution >= 4 is 32.4 Å². The fraction of sp³-hybridized carbons (Fsp3) is 0.438. The van der Waals surface area contributed by atoms with Gasteiger partial charge in [-0.25, -0.2) is 8.42 Å². The maximum absolute atomic E-state index is 12.4. The highest BCUT2D eigenvalue weighted by atomic mass is 32.2. The number of rotatable bonds is 9. The van der Waals surface area contributed by atoms with Crippen molar-refractivity contribution in [2.24, 2.45) is 0 Å². The molecule has 1 aromatic carbocycles. The highest BCUT2D eigenvalue weighted by molar-refractivity contribution is 7.91. The molecular weight excluding hydrogens is 376 g/mol. The van der Waals surface area contributed by atoms with E-state index in [0.29, 0.717) is 25.3 Å². The minimum atomic E-state index is -3.69. The molecule has 0 aliphatic heterocycles. The largest absolute Gasteiger partial charge is 0.481 e. The van der Waals surface area contributed by atoms with Crippen LogP contribution in [-0.2, 0) is 14.8 Å². The Morgan fingerprint density at radius 2 is 1.85 bits per heavy atom. The van der Waals surface area contributed by atoms with Crippen LogP contribution in [0.25, 0.3) is 0 Å². The molecule has 1 aromatic heterocycles. The summed E-state index contributed by atoms with van der Waals surface area (Å²) in [5, 5.41) is 10.2. The van der Waals surface area contributed by atoms with E-state index in [9.17, 15) is 13.2 Å². The molecule has 0 radical (unpaired) electrons. The second-order valence-electron chi connectivity index (χ2n) is 5.28. The summed E-state index contributed by atoms with van der Waals surface area (Å²) < 4.78 is 31.6. The Bertz CT molecular complexity index is 820. The van der Waals surface area contributed by atoms with Gasteiger partial charge in [0, 0.05) is 13.1 Å². The zero-order valence-corrected chi connectivity index (χ0v) is 16.5. The molecule has 1 N–H and O–H groups in total. The van der Waals surface area contributed by atoms with Gasteiger partial charge in [0.1, 0.15) is 5.75 Å². The lowest BCUT2D eigenvalue weighted by Crippen LogP contribution is -2.32. The zero-order valence-electron chi connectivity index (χ0n) is 14.9. The first kappa shape index (κ1) is 20.3. The van der Waals surface area contributed by atoms with Gasteiger partial charge in [-0.15, -0.1) is 10.2 Å². The molecule has 0 bridgehead atoms. The molecule has 10 heteroatoms. The molecule has 0 saturated carbocycles. The summed E-state index contributed by atoms with van der Waals surface area (Å²) in [4.78, 5) is 12.4. The predicted octanol–water partition coefficient (Wildman–Crippen LogP) is 2.36. The van der Waals surface area contributed by atoms with Crippen LogP contribution in [-0.4, -0.2) is 48.0 Å². The first-order valence-corrected chi connectivity index (χ1v) is 10.5. The quantitative estimate of drug-likeness (QED) is 0.651. The minimum Gasteiger partial charge on any atom is -0.481 e. The van der Waals surface area contributed by atoms with Crippen molar-refractivity contribution in [1.82, 2.24) is 14.5 Å². The SMILES string of the molecule is CC[C@@H](Oc1ccccc1)C(=O)Nc1nnc(S(=O)(=O)N(CC)CC)s1. The number of aromatic nitrogens is 2. The molecule has 1 heterocycles. The topological polar surface area (TPSA) is 101 Å². The van der Waals surface area contributed by atoms with Crippen LogP contribution in [0.4, 0.5) is 5.13 Å². The lowest BCUT2D eigenvalue weighted by Gasteiger charge is -2.16. The van der Waals surface area contributed by atoms with Crippen molar-refractivity contribution in [3.05, 3.63) is 30.3 Å². The molecule has 142 valence electrons. The summed E-state index contributed by atoms with van der Waals surface area (Å²) in [6.07, 6.45) is -0.270. The summed E-state index contributed by atoms with van der Waals surface area (Å²) in [7, 11) is -3.69. The molecule has 0 fully saturated rings. The van der Waals surface area contributed by atoms with Crippen molar-refractivity contribution < 1.29 is 17.9 Å². The van der Waals surface area contributed by atoms with E-state index in [-0.39, 0.29) is 9.47 Å². The second kappa shape index (κ2) is 9.06. The molecule has 1 atom stereocenters. The van der Waals surface area contributed by atoms with Gasteiger partial charge in [0.15, 0.2) is 6.10 Å². The number of ether oxygens (including phenoxy) is 1. The van der Waals surface area contributed by atoms with E-state index < -0.39 is 22.0 Å². The monoisotopic (exact) mass is 398 g/mol. The van der Waals surface area contributed by atoms with Gasteiger partial charge >= 0.3 is 0 Å². The summed E-state index contributed by atoms with van der Waals surface area (Å²) in [6.45, 7) is 5.99. The molecule has 8 nitrogen and oxygen atoms in total. The normalized spacial score (nSPS) is 12.8. The Labute approximate surface area is 157 Å². The summed E-state index contributed by atoms with van der Waals surface area (Å²) in [5.41, 5.74) is 0. The molecule has 0 unspecified atom stereocenters. The Hall–Kier alpha value is -2.04. The van der Waals surface area contributed by atoms with Gasteiger partial charge in [-0.1, -0.05) is 50.3 Å². The van der Waals surface area contributed by atoms with Gasteiger partial charge in [0.2, 0.25) is 9.47 Å². The van der Waals surface area contributed by atoms with E-state index in [1.807, 2.05) is 25.1 Å². The van der Waals surface area contributed by atoms with E-state index in [1.54, 1.807) is 26.0 Å². The molecule has 2 rings (SSSR count). The molecule has 0 aliphatic carbocycles. The second-order valence-corrected chi connectivity index (χ2v) is 8.37. The van der Waals surface area contributed by atoms with Crippen LogP contribution in [0, 0.1) is 0 Å². The van der Waals surface area contributed by atoms with E-state index >= 15 is 0 Å². The van der Waals surface area contributed by atoms with E-state index in [4.69, 9.17) is 4.74 Å². The summed E-state index contributed by atoms with van der Waals surface area (Å²) in [5.74, 6) is 0.177. The highest BCUT2D eigenvalue weighted by Gasteiger charge is 2.27. The molecule has 2 aromatic rings. The summed E-state index contributed by atoms with van der Waals surface area (Å²) >= 11 is 0.822. The van der Waals surface area contributed by atoms with Crippen LogP contribution < -0.4 is 10.1 Å². The van der Waals surface area contributed by atoms with Gasteiger partial charge in [-0.3, -0.25) is 10.1 Å². The smallest absolute Gasteiger partial charge is 0.272 e. The van der Waals surface area contributed by atoms with E-state index in [2.05, 4.69) is 15.5 Å². The third kappa shape index (κ3) is 4.77. The number of benzene rings is 1. The van der Waals surface area contributed by atoms with Crippen LogP contribution in [0.3, 0.4) is 0 Å². The number of anilines is 1. The van der Waals surface area contributed by atoms with Gasteiger partial charge in [0.25, 0.3) is 15.9 Å². The maximum Gasteiger partial charge on any atom is 0.272 e.